The van der Waals surface area contributed by atoms with Crippen molar-refractivity contribution in [1.82, 2.24) is 5.32 Å². The van der Waals surface area contributed by atoms with E-state index in [-0.39, 0.29) is 11.9 Å². The van der Waals surface area contributed by atoms with Crippen LogP contribution in [0.15, 0.2) is 58.3 Å². The van der Waals surface area contributed by atoms with Crippen molar-refractivity contribution < 1.29 is 9.90 Å². The molecule has 4 heteroatoms. The lowest BCUT2D eigenvalue weighted by Gasteiger charge is -2.18. The third-order valence-corrected chi connectivity index (χ3v) is 5.97. The number of hydrogen-bond donors (Lipinski definition) is 2. The lowest BCUT2D eigenvalue weighted by atomic mass is 10.00. The third kappa shape index (κ3) is 8.46. The van der Waals surface area contributed by atoms with Gasteiger partial charge in [-0.05, 0) is 83.2 Å². The van der Waals surface area contributed by atoms with E-state index >= 15 is 0 Å². The predicted molar refractivity (Wildman–Crippen MR) is 123 cm³/mol. The van der Waals surface area contributed by atoms with E-state index in [1.165, 1.54) is 16.0 Å². The quantitative estimate of drug-likeness (QED) is 0.504. The van der Waals surface area contributed by atoms with Crippen molar-refractivity contribution in [3.63, 3.8) is 0 Å². The van der Waals surface area contributed by atoms with Gasteiger partial charge in [-0.15, -0.1) is 0 Å². The van der Waals surface area contributed by atoms with E-state index in [9.17, 15) is 9.90 Å². The third-order valence-electron chi connectivity index (χ3n) is 4.70. The SMILES string of the molecule is Cc1ccc(Sc2ccccc2C=CC(=O)NC(C)CCCC(C)(C)O)c(C)c1. The lowest BCUT2D eigenvalue weighted by molar-refractivity contribution is -0.117. The maximum atomic E-state index is 12.3. The van der Waals surface area contributed by atoms with Crippen LogP contribution in [-0.4, -0.2) is 22.7 Å². The Hall–Kier alpha value is -2.04. The van der Waals surface area contributed by atoms with Crippen LogP contribution in [0, 0.1) is 13.8 Å². The Balaban J connectivity index is 1.97. The molecule has 2 aromatic rings. The van der Waals surface area contributed by atoms with Crippen LogP contribution in [0.5, 0.6) is 0 Å². The van der Waals surface area contributed by atoms with E-state index in [4.69, 9.17) is 0 Å². The molecule has 1 amide bonds. The van der Waals surface area contributed by atoms with E-state index in [1.54, 1.807) is 17.8 Å². The van der Waals surface area contributed by atoms with Crippen LogP contribution in [0.4, 0.5) is 0 Å². The monoisotopic (exact) mass is 411 g/mol. The maximum Gasteiger partial charge on any atom is 0.244 e. The van der Waals surface area contributed by atoms with Gasteiger partial charge >= 0.3 is 0 Å². The molecule has 3 nitrogen and oxygen atoms in total. The Labute approximate surface area is 179 Å². The number of nitrogens with one attached hydrogen (secondary N) is 1. The van der Waals surface area contributed by atoms with E-state index in [0.717, 1.165) is 29.7 Å². The molecular formula is C25H33NO2S. The molecule has 2 rings (SSSR count). The molecule has 156 valence electrons. The summed E-state index contributed by atoms with van der Waals surface area (Å²) in [4.78, 5) is 14.6. The Morgan fingerprint density at radius 3 is 2.59 bits per heavy atom. The second-order valence-corrected chi connectivity index (χ2v) is 9.44. The van der Waals surface area contributed by atoms with Gasteiger partial charge in [-0.25, -0.2) is 0 Å². The fourth-order valence-electron chi connectivity index (χ4n) is 3.11. The first kappa shape index (κ1) is 23.2. The summed E-state index contributed by atoms with van der Waals surface area (Å²) in [6.45, 7) is 9.85. The highest BCUT2D eigenvalue weighted by Gasteiger charge is 2.13. The number of hydrogen-bond acceptors (Lipinski definition) is 3. The Kier molecular flexibility index (Phi) is 8.54. The fraction of sp³-hybridized carbons (Fsp3) is 0.400. The summed E-state index contributed by atoms with van der Waals surface area (Å²) in [5.74, 6) is -0.0907. The average molecular weight is 412 g/mol. The van der Waals surface area contributed by atoms with Crippen LogP contribution in [0.3, 0.4) is 0 Å². The van der Waals surface area contributed by atoms with Gasteiger partial charge in [0.1, 0.15) is 0 Å². The van der Waals surface area contributed by atoms with Crippen molar-refractivity contribution in [3.05, 3.63) is 65.2 Å². The first-order valence-corrected chi connectivity index (χ1v) is 11.0. The molecule has 0 spiro atoms. The van der Waals surface area contributed by atoms with Crippen molar-refractivity contribution in [3.8, 4) is 0 Å². The molecule has 0 fully saturated rings. The minimum atomic E-state index is -0.652. The fourth-order valence-corrected chi connectivity index (χ4v) is 4.11. The van der Waals surface area contributed by atoms with Crippen LogP contribution in [0.25, 0.3) is 6.08 Å². The Bertz CT molecular complexity index is 852. The zero-order valence-corrected chi connectivity index (χ0v) is 19.0. The summed E-state index contributed by atoms with van der Waals surface area (Å²) in [6.07, 6.45) is 5.94. The Morgan fingerprint density at radius 1 is 1.17 bits per heavy atom. The summed E-state index contributed by atoms with van der Waals surface area (Å²) >= 11 is 1.72. The number of benzene rings is 2. The molecule has 0 saturated heterocycles. The van der Waals surface area contributed by atoms with Crippen LogP contribution < -0.4 is 5.32 Å². The second-order valence-electron chi connectivity index (χ2n) is 8.36. The summed E-state index contributed by atoms with van der Waals surface area (Å²) in [5.41, 5.74) is 2.89. The summed E-state index contributed by atoms with van der Waals surface area (Å²) in [5, 5.41) is 12.8. The molecule has 1 atom stereocenters. The topological polar surface area (TPSA) is 49.3 Å². The number of aryl methyl sites for hydroxylation is 2. The van der Waals surface area contributed by atoms with Gasteiger partial charge in [0.25, 0.3) is 0 Å². The largest absolute Gasteiger partial charge is 0.390 e. The molecule has 2 aromatic carbocycles. The zero-order chi connectivity index (χ0) is 21.4. The molecule has 0 bridgehead atoms. The van der Waals surface area contributed by atoms with E-state index in [2.05, 4.69) is 43.4 Å². The van der Waals surface area contributed by atoms with Crippen LogP contribution >= 0.6 is 11.8 Å². The van der Waals surface area contributed by atoms with Gasteiger partial charge in [0, 0.05) is 21.9 Å². The molecular weight excluding hydrogens is 378 g/mol. The van der Waals surface area contributed by atoms with Crippen LogP contribution in [0.2, 0.25) is 0 Å². The van der Waals surface area contributed by atoms with Gasteiger partial charge in [0.15, 0.2) is 0 Å². The number of amides is 1. The molecule has 1 unspecified atom stereocenters. The summed E-state index contributed by atoms with van der Waals surface area (Å²) in [6, 6.07) is 14.7. The van der Waals surface area contributed by atoms with Crippen molar-refractivity contribution in [2.24, 2.45) is 0 Å². The molecule has 0 aliphatic carbocycles. The van der Waals surface area contributed by atoms with E-state index < -0.39 is 5.60 Å². The molecule has 2 N–H and O–H groups in total. The molecule has 0 radical (unpaired) electrons. The minimum absolute atomic E-state index is 0.0781. The van der Waals surface area contributed by atoms with Crippen molar-refractivity contribution in [2.45, 2.75) is 75.3 Å². The van der Waals surface area contributed by atoms with Crippen LogP contribution in [0.1, 0.15) is 56.7 Å². The van der Waals surface area contributed by atoms with Gasteiger partial charge in [-0.3, -0.25) is 4.79 Å². The maximum absolute atomic E-state index is 12.3. The van der Waals surface area contributed by atoms with Gasteiger partial charge < -0.3 is 10.4 Å². The summed E-state index contributed by atoms with van der Waals surface area (Å²) < 4.78 is 0. The normalized spacial score (nSPS) is 12.9. The minimum Gasteiger partial charge on any atom is -0.390 e. The predicted octanol–water partition coefficient (Wildman–Crippen LogP) is 5.91. The molecule has 0 aromatic heterocycles. The average Bonchev–Trinajstić information content (AvgIpc) is 2.62. The highest BCUT2D eigenvalue weighted by atomic mass is 32.2. The molecule has 0 heterocycles. The molecule has 29 heavy (non-hydrogen) atoms. The van der Waals surface area contributed by atoms with Gasteiger partial charge in [0.2, 0.25) is 5.91 Å². The molecule has 0 aliphatic heterocycles. The lowest BCUT2D eigenvalue weighted by Crippen LogP contribution is -2.31. The molecule has 0 aliphatic rings. The summed E-state index contributed by atoms with van der Waals surface area (Å²) in [7, 11) is 0. The van der Waals surface area contributed by atoms with Gasteiger partial charge in [0.05, 0.1) is 5.60 Å². The molecule has 0 saturated carbocycles. The number of carbonyl (C=O) groups excluding carboxylic acids is 1. The number of rotatable bonds is 9. The van der Waals surface area contributed by atoms with Crippen LogP contribution in [-0.2, 0) is 4.79 Å². The number of carbonyl (C=O) groups is 1. The second kappa shape index (κ2) is 10.7. The first-order chi connectivity index (χ1) is 13.6. The first-order valence-electron chi connectivity index (χ1n) is 10.2. The van der Waals surface area contributed by atoms with Gasteiger partial charge in [-0.1, -0.05) is 47.7 Å². The van der Waals surface area contributed by atoms with E-state index in [0.29, 0.717) is 0 Å². The standard InChI is InChI=1S/C25H33NO2S/c1-18-12-14-22(19(2)17-18)29-23-11-7-6-10-21(23)13-15-24(27)26-20(3)9-8-16-25(4,5)28/h6-7,10-15,17,20,28H,8-9,16H2,1-5H3,(H,26,27). The Morgan fingerprint density at radius 2 is 1.90 bits per heavy atom. The smallest absolute Gasteiger partial charge is 0.244 e. The number of aliphatic hydroxyl groups is 1. The van der Waals surface area contributed by atoms with Crippen molar-refractivity contribution in [1.29, 1.82) is 0 Å². The highest BCUT2D eigenvalue weighted by Crippen LogP contribution is 2.33. The van der Waals surface area contributed by atoms with E-state index in [1.807, 2.05) is 45.0 Å². The van der Waals surface area contributed by atoms with Crippen molar-refractivity contribution in [2.75, 3.05) is 0 Å². The van der Waals surface area contributed by atoms with Gasteiger partial charge in [-0.2, -0.15) is 0 Å². The zero-order valence-electron chi connectivity index (χ0n) is 18.2. The van der Waals surface area contributed by atoms with Crippen molar-refractivity contribution >= 4 is 23.7 Å². The highest BCUT2D eigenvalue weighted by molar-refractivity contribution is 7.99.